The van der Waals surface area contributed by atoms with Crippen LogP contribution in [0.4, 0.5) is 43.9 Å². The number of carbonyl (C=O) groups excluding carboxylic acids is 1. The maximum Gasteiger partial charge on any atom is 0.325 e. The van der Waals surface area contributed by atoms with E-state index in [0.29, 0.717) is 39.9 Å². The topological polar surface area (TPSA) is 158 Å². The molecule has 0 radical (unpaired) electrons. The monoisotopic (exact) mass is 797 g/mol. The number of benzene rings is 2. The van der Waals surface area contributed by atoms with Crippen molar-refractivity contribution in [3.05, 3.63) is 100 Å². The van der Waals surface area contributed by atoms with Gasteiger partial charge in [0.1, 0.15) is 4.70 Å². The third kappa shape index (κ3) is 8.50. The van der Waals surface area contributed by atoms with Crippen LogP contribution in [0.25, 0.3) is 20.8 Å². The number of urea groups is 1. The second-order valence-corrected chi connectivity index (χ2v) is 15.5. The second kappa shape index (κ2) is 16.3. The van der Waals surface area contributed by atoms with Crippen molar-refractivity contribution in [3.63, 3.8) is 0 Å². The smallest absolute Gasteiger partial charge is 0.325 e. The van der Waals surface area contributed by atoms with Gasteiger partial charge in [-0.15, -0.1) is 27.3 Å². The van der Waals surface area contributed by atoms with E-state index < -0.39 is 0 Å². The average Bonchev–Trinajstić information content (AvgIpc) is 3.94. The number of aryl methyl sites for hydroxylation is 1. The van der Waals surface area contributed by atoms with Crippen LogP contribution in [0, 0.1) is 6.92 Å². The average molecular weight is 798 g/mol. The van der Waals surface area contributed by atoms with Crippen molar-refractivity contribution in [1.29, 1.82) is 0 Å². The number of thiophene rings is 1. The van der Waals surface area contributed by atoms with Crippen LogP contribution in [-0.2, 0) is 11.2 Å². The molecule has 5 N–H and O–H groups in total. The van der Waals surface area contributed by atoms with Gasteiger partial charge in [0, 0.05) is 65.4 Å². The molecule has 0 aliphatic carbocycles. The van der Waals surface area contributed by atoms with E-state index in [0.717, 1.165) is 69.2 Å². The zero-order valence-electron chi connectivity index (χ0n) is 28.9. The van der Waals surface area contributed by atoms with Gasteiger partial charge in [-0.2, -0.15) is 5.43 Å². The zero-order valence-corrected chi connectivity index (χ0v) is 32.1. The van der Waals surface area contributed by atoms with Crippen molar-refractivity contribution >= 4 is 101 Å². The molecule has 54 heavy (non-hydrogen) atoms. The first kappa shape index (κ1) is 35.6. The highest BCUT2D eigenvalue weighted by atomic mass is 35.5. The standard InChI is InChI=1S/C36H33ClN12O2S3/c1-22-30(28-10-13-39-33(45-28)43-24-5-7-26(8-6-24)48-14-16-51-17-15-48)54-36(42-22)47-49-21-41-32(31-29(49)11-18-52-31)38-12-9-27-20-40-35(53-27)46-34(50)44-25-4-2-3-23(37)19-25/h2-8,10-11,13,18-21H,9,12,14-17H2,1H3,(H4,39,40,42,43,44,45,46,47,50)/p+1. The SMILES string of the molecule is Cc1nc(N[n+]2cnc(NCCc3cnc(NC(=O)Nc4cccc(Cl)c4)s3)c3sccc32)sc1-c1ccnc(Nc2ccc(N3CCOCC3)cc2)n1. The summed E-state index contributed by atoms with van der Waals surface area (Å²) in [5, 5.41) is 16.1. The normalized spacial score (nSPS) is 12.8. The maximum absolute atomic E-state index is 12.4. The van der Waals surface area contributed by atoms with Gasteiger partial charge in [0.2, 0.25) is 11.1 Å². The highest BCUT2D eigenvalue weighted by Gasteiger charge is 2.19. The summed E-state index contributed by atoms with van der Waals surface area (Å²) in [6.45, 7) is 5.90. The number of ether oxygens (including phenoxy) is 1. The number of nitrogens with one attached hydrogen (secondary N) is 5. The summed E-state index contributed by atoms with van der Waals surface area (Å²) in [6, 6.07) is 18.8. The van der Waals surface area contributed by atoms with Crippen LogP contribution in [0.15, 0.2) is 84.8 Å². The molecule has 0 unspecified atom stereocenters. The van der Waals surface area contributed by atoms with Gasteiger partial charge in [-0.1, -0.05) is 29.0 Å². The molecule has 8 rings (SSSR count). The lowest BCUT2D eigenvalue weighted by molar-refractivity contribution is -0.618. The van der Waals surface area contributed by atoms with E-state index in [4.69, 9.17) is 31.3 Å². The maximum atomic E-state index is 12.4. The molecule has 2 amide bonds. The van der Waals surface area contributed by atoms with Crippen LogP contribution >= 0.6 is 45.6 Å². The molecule has 1 saturated heterocycles. The van der Waals surface area contributed by atoms with Crippen LogP contribution in [0.3, 0.4) is 0 Å². The molecule has 0 spiro atoms. The molecule has 0 atom stereocenters. The molecule has 0 bridgehead atoms. The predicted octanol–water partition coefficient (Wildman–Crippen LogP) is 7.67. The molecule has 18 heteroatoms. The summed E-state index contributed by atoms with van der Waals surface area (Å²) in [5.41, 5.74) is 8.72. The van der Waals surface area contributed by atoms with E-state index in [1.54, 1.807) is 54.3 Å². The van der Waals surface area contributed by atoms with Crippen LogP contribution in [0.2, 0.25) is 5.02 Å². The van der Waals surface area contributed by atoms with E-state index in [1.165, 1.54) is 28.4 Å². The molecule has 1 fully saturated rings. The van der Waals surface area contributed by atoms with Gasteiger partial charge in [-0.25, -0.2) is 24.7 Å². The van der Waals surface area contributed by atoms with Gasteiger partial charge in [0.05, 0.1) is 29.5 Å². The van der Waals surface area contributed by atoms with Crippen LogP contribution in [-0.4, -0.2) is 63.8 Å². The van der Waals surface area contributed by atoms with E-state index in [-0.39, 0.29) is 6.03 Å². The minimum absolute atomic E-state index is 0.381. The Morgan fingerprint density at radius 1 is 0.963 bits per heavy atom. The van der Waals surface area contributed by atoms with Crippen LogP contribution in [0.1, 0.15) is 10.6 Å². The molecule has 1 aliphatic rings. The summed E-state index contributed by atoms with van der Waals surface area (Å²) in [6.07, 6.45) is 5.98. The Morgan fingerprint density at radius 2 is 1.83 bits per heavy atom. The van der Waals surface area contributed by atoms with E-state index in [2.05, 4.69) is 53.7 Å². The Labute approximate surface area is 327 Å². The van der Waals surface area contributed by atoms with Gasteiger partial charge in [-0.3, -0.25) is 5.32 Å². The lowest BCUT2D eigenvalue weighted by Crippen LogP contribution is -2.43. The Balaban J connectivity index is 0.875. The fraction of sp³-hybridized carbons (Fsp3) is 0.194. The summed E-state index contributed by atoms with van der Waals surface area (Å²) < 4.78 is 8.36. The largest absolute Gasteiger partial charge is 0.378 e. The Kier molecular flexibility index (Phi) is 10.7. The zero-order chi connectivity index (χ0) is 36.9. The highest BCUT2D eigenvalue weighted by Crippen LogP contribution is 2.33. The number of hydrogen-bond acceptors (Lipinski definition) is 14. The third-order valence-electron chi connectivity index (χ3n) is 8.34. The molecule has 274 valence electrons. The number of fused-ring (bicyclic) bond motifs is 1. The number of aromatic nitrogens is 6. The van der Waals surface area contributed by atoms with Crippen molar-refractivity contribution in [2.24, 2.45) is 0 Å². The molecule has 1 aliphatic heterocycles. The van der Waals surface area contributed by atoms with Crippen molar-refractivity contribution < 1.29 is 14.2 Å². The Hall–Kier alpha value is -5.46. The van der Waals surface area contributed by atoms with Gasteiger partial charge in [0.25, 0.3) is 5.82 Å². The minimum atomic E-state index is -0.381. The van der Waals surface area contributed by atoms with Crippen LogP contribution < -0.4 is 36.3 Å². The number of halogens is 1. The fourth-order valence-electron chi connectivity index (χ4n) is 5.77. The van der Waals surface area contributed by atoms with E-state index in [9.17, 15) is 4.79 Å². The highest BCUT2D eigenvalue weighted by molar-refractivity contribution is 7.19. The first-order chi connectivity index (χ1) is 26.4. The summed E-state index contributed by atoms with van der Waals surface area (Å²) >= 11 is 10.6. The molecule has 14 nitrogen and oxygen atoms in total. The Bertz CT molecular complexity index is 2390. The van der Waals surface area contributed by atoms with Gasteiger partial charge < -0.3 is 25.6 Å². The van der Waals surface area contributed by atoms with E-state index >= 15 is 0 Å². The fourth-order valence-corrected chi connectivity index (χ4v) is 8.55. The molecular formula is C36H34ClN12O2S3+. The molecule has 6 heterocycles. The first-order valence-corrected chi connectivity index (χ1v) is 19.9. The number of morpholine rings is 1. The summed E-state index contributed by atoms with van der Waals surface area (Å²) in [5.74, 6) is 1.30. The second-order valence-electron chi connectivity index (χ2n) is 12.1. The van der Waals surface area contributed by atoms with Gasteiger partial charge in [0.15, 0.2) is 10.6 Å². The molecule has 0 saturated carbocycles. The van der Waals surface area contributed by atoms with Crippen LogP contribution in [0.5, 0.6) is 0 Å². The summed E-state index contributed by atoms with van der Waals surface area (Å²) in [7, 11) is 0. The lowest BCUT2D eigenvalue weighted by Gasteiger charge is -2.28. The quantitative estimate of drug-likeness (QED) is 0.0773. The van der Waals surface area contributed by atoms with Crippen molar-refractivity contribution in [2.75, 3.05) is 64.4 Å². The number of rotatable bonds is 12. The number of anilines is 7. The molecule has 5 aromatic heterocycles. The number of carbonyl (C=O) groups is 1. The van der Waals surface area contributed by atoms with E-state index in [1.807, 2.05) is 41.2 Å². The molecule has 7 aromatic rings. The Morgan fingerprint density at radius 3 is 2.69 bits per heavy atom. The number of amides is 2. The molecular weight excluding hydrogens is 764 g/mol. The van der Waals surface area contributed by atoms with Gasteiger partial charge in [-0.05, 0) is 71.9 Å². The minimum Gasteiger partial charge on any atom is -0.378 e. The number of hydrogen-bond donors (Lipinski definition) is 5. The predicted molar refractivity (Wildman–Crippen MR) is 218 cm³/mol. The van der Waals surface area contributed by atoms with Crippen molar-refractivity contribution in [2.45, 2.75) is 13.3 Å². The first-order valence-electron chi connectivity index (χ1n) is 17.0. The summed E-state index contributed by atoms with van der Waals surface area (Å²) in [4.78, 5) is 39.8. The van der Waals surface area contributed by atoms with Crippen molar-refractivity contribution in [1.82, 2.24) is 24.9 Å². The number of thiazole rings is 2. The lowest BCUT2D eigenvalue weighted by atomic mass is 10.2. The number of nitrogens with zero attached hydrogens (tertiary/aromatic N) is 7. The molecule has 2 aromatic carbocycles. The van der Waals surface area contributed by atoms with Gasteiger partial charge >= 0.3 is 12.4 Å². The third-order valence-corrected chi connectivity index (χ3v) is 11.5. The van der Waals surface area contributed by atoms with Crippen molar-refractivity contribution in [3.8, 4) is 10.6 Å².